The van der Waals surface area contributed by atoms with E-state index in [9.17, 15) is 18.0 Å². The van der Waals surface area contributed by atoms with E-state index in [1.165, 1.54) is 19.2 Å². The maximum absolute atomic E-state index is 12.5. The Hall–Kier alpha value is -1.97. The van der Waals surface area contributed by atoms with Gasteiger partial charge in [0.1, 0.15) is 0 Å². The molecule has 0 aliphatic heterocycles. The summed E-state index contributed by atoms with van der Waals surface area (Å²) in [6, 6.07) is 3.63. The van der Waals surface area contributed by atoms with E-state index in [2.05, 4.69) is 19.5 Å². The molecule has 9 heteroatoms. The van der Waals surface area contributed by atoms with Gasteiger partial charge in [-0.15, -0.1) is 0 Å². The Morgan fingerprint density at radius 3 is 2.29 bits per heavy atom. The van der Waals surface area contributed by atoms with Crippen LogP contribution in [-0.4, -0.2) is 54.2 Å². The molecule has 0 unspecified atom stereocenters. The number of benzene rings is 1. The average molecular weight is 358 g/mol. The monoisotopic (exact) mass is 358 g/mol. The lowest BCUT2D eigenvalue weighted by molar-refractivity contribution is 0.0583. The largest absolute Gasteiger partial charge is 0.465 e. The van der Waals surface area contributed by atoms with Crippen LogP contribution in [0.1, 0.15) is 34.1 Å². The van der Waals surface area contributed by atoms with Crippen molar-refractivity contribution in [3.8, 4) is 0 Å². The van der Waals surface area contributed by atoms with Crippen molar-refractivity contribution in [2.75, 3.05) is 33.9 Å². The number of methoxy groups -OCH3 is 2. The number of rotatable bonds is 9. The van der Waals surface area contributed by atoms with E-state index in [1.807, 2.05) is 6.92 Å². The van der Waals surface area contributed by atoms with Crippen LogP contribution in [0.2, 0.25) is 0 Å². The molecule has 0 aliphatic rings. The van der Waals surface area contributed by atoms with Gasteiger partial charge in [-0.25, -0.2) is 22.7 Å². The van der Waals surface area contributed by atoms with Crippen molar-refractivity contribution in [2.45, 2.75) is 18.2 Å². The molecule has 0 spiro atoms. The molecule has 134 valence electrons. The van der Waals surface area contributed by atoms with Crippen LogP contribution in [0.5, 0.6) is 0 Å². The summed E-state index contributed by atoms with van der Waals surface area (Å²) in [6.07, 6.45) is 0.931. The molecule has 0 bridgehead atoms. The number of carbonyl (C=O) groups is 2. The zero-order valence-corrected chi connectivity index (χ0v) is 14.7. The first kappa shape index (κ1) is 20.1. The van der Waals surface area contributed by atoms with E-state index >= 15 is 0 Å². The number of carbonyl (C=O) groups excluding carboxylic acids is 2. The number of sulfonamides is 1. The van der Waals surface area contributed by atoms with Crippen LogP contribution < -0.4 is 10.0 Å². The Kier molecular flexibility index (Phi) is 7.83. The van der Waals surface area contributed by atoms with Crippen LogP contribution in [0.25, 0.3) is 0 Å². The molecule has 1 aromatic carbocycles. The summed E-state index contributed by atoms with van der Waals surface area (Å²) in [5.74, 6) is -1.51. The van der Waals surface area contributed by atoms with E-state index in [0.717, 1.165) is 26.1 Å². The Balaban J connectivity index is 3.11. The highest BCUT2D eigenvalue weighted by molar-refractivity contribution is 7.89. The van der Waals surface area contributed by atoms with Crippen molar-refractivity contribution in [1.82, 2.24) is 10.0 Å². The van der Waals surface area contributed by atoms with Gasteiger partial charge in [0.2, 0.25) is 10.0 Å². The van der Waals surface area contributed by atoms with Crippen molar-refractivity contribution < 1.29 is 27.5 Å². The normalized spacial score (nSPS) is 11.1. The zero-order valence-electron chi connectivity index (χ0n) is 13.9. The highest BCUT2D eigenvalue weighted by Crippen LogP contribution is 2.19. The summed E-state index contributed by atoms with van der Waals surface area (Å²) >= 11 is 0. The number of hydrogen-bond donors (Lipinski definition) is 2. The molecule has 24 heavy (non-hydrogen) atoms. The molecule has 1 rings (SSSR count). The Morgan fingerprint density at radius 2 is 1.71 bits per heavy atom. The van der Waals surface area contributed by atoms with Crippen molar-refractivity contribution in [2.24, 2.45) is 0 Å². The third kappa shape index (κ3) is 5.29. The molecule has 0 aromatic heterocycles. The summed E-state index contributed by atoms with van der Waals surface area (Å²) in [6.45, 7) is 3.35. The predicted molar refractivity (Wildman–Crippen MR) is 87.5 cm³/mol. The number of ether oxygens (including phenoxy) is 2. The van der Waals surface area contributed by atoms with Gasteiger partial charge in [0.25, 0.3) is 0 Å². The van der Waals surface area contributed by atoms with Crippen LogP contribution in [0.4, 0.5) is 0 Å². The fourth-order valence-electron chi connectivity index (χ4n) is 1.92. The molecule has 2 N–H and O–H groups in total. The maximum atomic E-state index is 12.5. The van der Waals surface area contributed by atoms with Gasteiger partial charge in [-0.05, 0) is 31.2 Å². The Labute approximate surface area is 141 Å². The van der Waals surface area contributed by atoms with Crippen LogP contribution >= 0.6 is 0 Å². The Morgan fingerprint density at radius 1 is 1.04 bits per heavy atom. The molecule has 0 radical (unpaired) electrons. The minimum absolute atomic E-state index is 0.0228. The van der Waals surface area contributed by atoms with Gasteiger partial charge in [0.15, 0.2) is 0 Å². The lowest BCUT2D eigenvalue weighted by Crippen LogP contribution is -2.33. The average Bonchev–Trinajstić information content (AvgIpc) is 2.59. The number of hydrogen-bond acceptors (Lipinski definition) is 7. The second kappa shape index (κ2) is 9.36. The SMILES string of the molecule is CCCNCCNS(=O)(=O)c1cc(C(=O)OC)ccc1C(=O)OC. The van der Waals surface area contributed by atoms with E-state index in [0.29, 0.717) is 6.54 Å². The van der Waals surface area contributed by atoms with Crippen LogP contribution in [0.15, 0.2) is 23.1 Å². The third-order valence-electron chi connectivity index (χ3n) is 3.12. The highest BCUT2D eigenvalue weighted by atomic mass is 32.2. The van der Waals surface area contributed by atoms with E-state index in [4.69, 9.17) is 0 Å². The van der Waals surface area contributed by atoms with Crippen LogP contribution in [-0.2, 0) is 19.5 Å². The predicted octanol–water partition coefficient (Wildman–Crippen LogP) is 0.538. The summed E-state index contributed by atoms with van der Waals surface area (Å²) in [4.78, 5) is 23.1. The standard InChI is InChI=1S/C15H22N2O6S/c1-4-7-16-8-9-17-24(20,21)13-10-11(14(18)22-2)5-6-12(13)15(19)23-3/h5-6,10,16-17H,4,7-9H2,1-3H3. The van der Waals surface area contributed by atoms with E-state index < -0.39 is 22.0 Å². The molecular formula is C15H22N2O6S. The van der Waals surface area contributed by atoms with Gasteiger partial charge in [0.05, 0.1) is 30.2 Å². The second-order valence-corrected chi connectivity index (χ2v) is 6.58. The van der Waals surface area contributed by atoms with Crippen molar-refractivity contribution in [3.63, 3.8) is 0 Å². The van der Waals surface area contributed by atoms with E-state index in [-0.39, 0.29) is 22.6 Å². The van der Waals surface area contributed by atoms with Gasteiger partial charge < -0.3 is 14.8 Å². The van der Waals surface area contributed by atoms with Gasteiger partial charge >= 0.3 is 11.9 Å². The summed E-state index contributed by atoms with van der Waals surface area (Å²) in [7, 11) is -1.67. The summed E-state index contributed by atoms with van der Waals surface area (Å²) < 4.78 is 36.5. The lowest BCUT2D eigenvalue weighted by atomic mass is 10.1. The fourth-order valence-corrected chi connectivity index (χ4v) is 3.17. The number of esters is 2. The smallest absolute Gasteiger partial charge is 0.339 e. The third-order valence-corrected chi connectivity index (χ3v) is 4.62. The van der Waals surface area contributed by atoms with Gasteiger partial charge in [-0.3, -0.25) is 0 Å². The topological polar surface area (TPSA) is 111 Å². The first-order chi connectivity index (χ1) is 11.4. The van der Waals surface area contributed by atoms with Crippen molar-refractivity contribution in [3.05, 3.63) is 29.3 Å². The quantitative estimate of drug-likeness (QED) is 0.489. The molecule has 0 atom stereocenters. The first-order valence-corrected chi connectivity index (χ1v) is 8.86. The Bertz CT molecular complexity index is 687. The van der Waals surface area contributed by atoms with Gasteiger partial charge in [0, 0.05) is 13.1 Å². The van der Waals surface area contributed by atoms with E-state index in [1.54, 1.807) is 0 Å². The molecule has 0 saturated heterocycles. The number of nitrogens with one attached hydrogen (secondary N) is 2. The molecule has 0 saturated carbocycles. The van der Waals surface area contributed by atoms with Gasteiger partial charge in [-0.2, -0.15) is 0 Å². The molecule has 0 aliphatic carbocycles. The highest BCUT2D eigenvalue weighted by Gasteiger charge is 2.24. The fraction of sp³-hybridized carbons (Fsp3) is 0.467. The zero-order chi connectivity index (χ0) is 18.2. The molecule has 8 nitrogen and oxygen atoms in total. The van der Waals surface area contributed by atoms with Gasteiger partial charge in [-0.1, -0.05) is 6.92 Å². The van der Waals surface area contributed by atoms with Crippen molar-refractivity contribution in [1.29, 1.82) is 0 Å². The molecule has 0 amide bonds. The molecular weight excluding hydrogens is 336 g/mol. The minimum Gasteiger partial charge on any atom is -0.465 e. The maximum Gasteiger partial charge on any atom is 0.339 e. The molecule has 0 fully saturated rings. The summed E-state index contributed by atoms with van der Waals surface area (Å²) in [5.41, 5.74) is -0.131. The minimum atomic E-state index is -4.00. The lowest BCUT2D eigenvalue weighted by Gasteiger charge is -2.12. The van der Waals surface area contributed by atoms with Crippen LogP contribution in [0.3, 0.4) is 0 Å². The summed E-state index contributed by atoms with van der Waals surface area (Å²) in [5, 5.41) is 3.05. The van der Waals surface area contributed by atoms with Crippen molar-refractivity contribution >= 4 is 22.0 Å². The first-order valence-electron chi connectivity index (χ1n) is 7.38. The van der Waals surface area contributed by atoms with Crippen LogP contribution in [0, 0.1) is 0 Å². The molecule has 1 aromatic rings. The molecule has 0 heterocycles. The second-order valence-electron chi connectivity index (χ2n) is 4.84.